The number of nitriles is 1. The number of benzene rings is 2. The van der Waals surface area contributed by atoms with Gasteiger partial charge in [-0.25, -0.2) is 8.42 Å². The van der Waals surface area contributed by atoms with Gasteiger partial charge in [-0.05, 0) is 37.1 Å². The van der Waals surface area contributed by atoms with Gasteiger partial charge in [-0.2, -0.15) is 5.26 Å². The SMILES string of the molecule is CN(Cc1ccccc1)C(=O)C(C)(C)c1ccc(S(=O)(=O)/C=C/C#N)cc1. The molecule has 0 saturated heterocycles. The number of rotatable bonds is 6. The molecule has 2 rings (SSSR count). The number of carbonyl (C=O) groups excluding carboxylic acids is 1. The van der Waals surface area contributed by atoms with Gasteiger partial charge >= 0.3 is 0 Å². The summed E-state index contributed by atoms with van der Waals surface area (Å²) in [5.74, 6) is -0.0636. The third-order valence-corrected chi connectivity index (χ3v) is 5.79. The molecule has 0 aliphatic heterocycles. The first-order valence-corrected chi connectivity index (χ1v) is 9.94. The summed E-state index contributed by atoms with van der Waals surface area (Å²) in [6, 6.07) is 17.6. The molecule has 0 bridgehead atoms. The summed E-state index contributed by atoms with van der Waals surface area (Å²) in [6.07, 6.45) is 0.926. The van der Waals surface area contributed by atoms with E-state index in [1.54, 1.807) is 30.1 Å². The van der Waals surface area contributed by atoms with Gasteiger partial charge in [0.2, 0.25) is 15.7 Å². The van der Waals surface area contributed by atoms with Gasteiger partial charge in [0.05, 0.1) is 16.4 Å². The number of likely N-dealkylation sites (N-methyl/N-ethyl adjacent to an activating group) is 1. The lowest BCUT2D eigenvalue weighted by atomic mass is 9.83. The van der Waals surface area contributed by atoms with Crippen molar-refractivity contribution in [1.82, 2.24) is 4.90 Å². The van der Waals surface area contributed by atoms with Gasteiger partial charge in [-0.1, -0.05) is 42.5 Å². The highest BCUT2D eigenvalue weighted by Gasteiger charge is 2.32. The van der Waals surface area contributed by atoms with E-state index < -0.39 is 15.3 Å². The molecule has 0 N–H and O–H groups in total. The maximum absolute atomic E-state index is 13.0. The summed E-state index contributed by atoms with van der Waals surface area (Å²) in [5, 5.41) is 9.37. The van der Waals surface area contributed by atoms with Crippen molar-refractivity contribution in [2.75, 3.05) is 7.05 Å². The average molecular weight is 382 g/mol. The van der Waals surface area contributed by atoms with E-state index in [0.29, 0.717) is 6.54 Å². The number of amides is 1. The normalized spacial score (nSPS) is 11.9. The fourth-order valence-corrected chi connectivity index (χ4v) is 3.70. The number of sulfone groups is 1. The second kappa shape index (κ2) is 8.19. The standard InChI is InChI=1S/C21H22N2O3S/c1-21(2,20(24)23(3)16-17-8-5-4-6-9-17)18-10-12-19(13-11-18)27(25,26)15-7-14-22/h4-13,15H,16H2,1-3H3/b15-7+. The molecule has 140 valence electrons. The summed E-state index contributed by atoms with van der Waals surface area (Å²) in [4.78, 5) is 14.7. The predicted octanol–water partition coefficient (Wildman–Crippen LogP) is 3.43. The van der Waals surface area contributed by atoms with E-state index in [0.717, 1.165) is 22.6 Å². The first-order chi connectivity index (χ1) is 12.7. The molecule has 0 radical (unpaired) electrons. The summed E-state index contributed by atoms with van der Waals surface area (Å²) in [5.41, 5.74) is 0.944. The zero-order chi connectivity index (χ0) is 20.1. The van der Waals surface area contributed by atoms with Crippen LogP contribution in [0.15, 0.2) is 71.0 Å². The smallest absolute Gasteiger partial charge is 0.232 e. The Morgan fingerprint density at radius 2 is 1.70 bits per heavy atom. The number of carbonyl (C=O) groups is 1. The second-order valence-electron chi connectivity index (χ2n) is 6.77. The number of hydrogen-bond acceptors (Lipinski definition) is 4. The molecule has 1 amide bonds. The molecule has 6 heteroatoms. The van der Waals surface area contributed by atoms with E-state index in [-0.39, 0.29) is 10.8 Å². The van der Waals surface area contributed by atoms with Crippen molar-refractivity contribution in [3.63, 3.8) is 0 Å². The maximum atomic E-state index is 13.0. The third kappa shape index (κ3) is 4.83. The van der Waals surface area contributed by atoms with E-state index in [1.807, 2.05) is 44.2 Å². The zero-order valence-electron chi connectivity index (χ0n) is 15.6. The first-order valence-electron chi connectivity index (χ1n) is 8.40. The highest BCUT2D eigenvalue weighted by Crippen LogP contribution is 2.27. The van der Waals surface area contributed by atoms with Gasteiger partial charge in [0.1, 0.15) is 0 Å². The van der Waals surface area contributed by atoms with E-state index in [9.17, 15) is 13.2 Å². The van der Waals surface area contributed by atoms with Crippen LogP contribution in [0.1, 0.15) is 25.0 Å². The van der Waals surface area contributed by atoms with Gasteiger partial charge in [-0.3, -0.25) is 4.79 Å². The lowest BCUT2D eigenvalue weighted by Gasteiger charge is -2.30. The average Bonchev–Trinajstić information content (AvgIpc) is 2.66. The van der Waals surface area contributed by atoms with Crippen LogP contribution < -0.4 is 0 Å². The quantitative estimate of drug-likeness (QED) is 0.717. The predicted molar refractivity (Wildman–Crippen MR) is 104 cm³/mol. The van der Waals surface area contributed by atoms with Crippen LogP contribution in [-0.2, 0) is 26.6 Å². The molecule has 0 aromatic heterocycles. The molecule has 0 unspecified atom stereocenters. The first kappa shape index (κ1) is 20.4. The van der Waals surface area contributed by atoms with Crippen LogP contribution in [0, 0.1) is 11.3 Å². The Balaban J connectivity index is 2.21. The van der Waals surface area contributed by atoms with Crippen LogP contribution in [0.4, 0.5) is 0 Å². The molecule has 5 nitrogen and oxygen atoms in total. The largest absolute Gasteiger partial charge is 0.341 e. The highest BCUT2D eigenvalue weighted by molar-refractivity contribution is 7.94. The van der Waals surface area contributed by atoms with Crippen molar-refractivity contribution in [1.29, 1.82) is 5.26 Å². The summed E-state index contributed by atoms with van der Waals surface area (Å²) in [6.45, 7) is 4.13. The van der Waals surface area contributed by atoms with Crippen LogP contribution >= 0.6 is 0 Å². The van der Waals surface area contributed by atoms with E-state index in [4.69, 9.17) is 5.26 Å². The number of hydrogen-bond donors (Lipinski definition) is 0. The van der Waals surface area contributed by atoms with Crippen molar-refractivity contribution in [3.8, 4) is 6.07 Å². The topological polar surface area (TPSA) is 78.2 Å². The van der Waals surface area contributed by atoms with Gasteiger partial charge in [0.25, 0.3) is 0 Å². The second-order valence-corrected chi connectivity index (χ2v) is 8.61. The molecule has 0 saturated carbocycles. The van der Waals surface area contributed by atoms with Crippen molar-refractivity contribution < 1.29 is 13.2 Å². The Morgan fingerprint density at radius 1 is 1.11 bits per heavy atom. The van der Waals surface area contributed by atoms with Crippen molar-refractivity contribution in [2.24, 2.45) is 0 Å². The highest BCUT2D eigenvalue weighted by atomic mass is 32.2. The van der Waals surface area contributed by atoms with E-state index in [1.165, 1.54) is 12.1 Å². The van der Waals surface area contributed by atoms with E-state index in [2.05, 4.69) is 0 Å². The molecule has 0 spiro atoms. The molecule has 0 fully saturated rings. The molecule has 27 heavy (non-hydrogen) atoms. The summed E-state index contributed by atoms with van der Waals surface area (Å²) in [7, 11) is -1.91. The van der Waals surface area contributed by atoms with Crippen molar-refractivity contribution in [2.45, 2.75) is 30.7 Å². The maximum Gasteiger partial charge on any atom is 0.232 e. The third-order valence-electron chi connectivity index (χ3n) is 4.37. The van der Waals surface area contributed by atoms with Gasteiger partial charge in [0.15, 0.2) is 0 Å². The minimum atomic E-state index is -3.66. The molecule has 2 aromatic rings. The Hall–Kier alpha value is -2.91. The summed E-state index contributed by atoms with van der Waals surface area (Å²) < 4.78 is 24.2. The van der Waals surface area contributed by atoms with E-state index >= 15 is 0 Å². The van der Waals surface area contributed by atoms with Crippen LogP contribution in [0.25, 0.3) is 0 Å². The lowest BCUT2D eigenvalue weighted by Crippen LogP contribution is -2.41. The molecule has 2 aromatic carbocycles. The molecule has 0 heterocycles. The molecule has 0 atom stereocenters. The molecular formula is C21H22N2O3S. The van der Waals surface area contributed by atoms with Gasteiger partial charge < -0.3 is 4.90 Å². The zero-order valence-corrected chi connectivity index (χ0v) is 16.4. The Morgan fingerprint density at radius 3 is 2.26 bits per heavy atom. The summed E-state index contributed by atoms with van der Waals surface area (Å²) >= 11 is 0. The molecule has 0 aliphatic carbocycles. The minimum Gasteiger partial charge on any atom is -0.341 e. The number of nitrogens with zero attached hydrogens (tertiary/aromatic N) is 2. The Labute approximate surface area is 160 Å². The van der Waals surface area contributed by atoms with Gasteiger partial charge in [-0.15, -0.1) is 0 Å². The lowest BCUT2D eigenvalue weighted by molar-refractivity contribution is -0.135. The van der Waals surface area contributed by atoms with Crippen LogP contribution in [0.5, 0.6) is 0 Å². The fraction of sp³-hybridized carbons (Fsp3) is 0.238. The fourth-order valence-electron chi connectivity index (χ4n) is 2.79. The molecular weight excluding hydrogens is 360 g/mol. The van der Waals surface area contributed by atoms with Crippen molar-refractivity contribution in [3.05, 3.63) is 77.2 Å². The number of allylic oxidation sites excluding steroid dienone is 1. The Kier molecular flexibility index (Phi) is 6.19. The monoisotopic (exact) mass is 382 g/mol. The van der Waals surface area contributed by atoms with Crippen LogP contribution in [0.3, 0.4) is 0 Å². The van der Waals surface area contributed by atoms with Crippen molar-refractivity contribution >= 4 is 15.7 Å². The van der Waals surface area contributed by atoms with Crippen LogP contribution in [0.2, 0.25) is 0 Å². The van der Waals surface area contributed by atoms with Crippen LogP contribution in [-0.4, -0.2) is 26.3 Å². The van der Waals surface area contributed by atoms with Gasteiger partial charge in [0, 0.05) is 25.1 Å². The Bertz CT molecular complexity index is 970. The minimum absolute atomic E-state index is 0.0636. The molecule has 0 aliphatic rings.